The fourth-order valence-electron chi connectivity index (χ4n) is 2.48. The number of hydrogen-bond donors (Lipinski definition) is 0. The van der Waals surface area contributed by atoms with Crippen molar-refractivity contribution in [1.29, 1.82) is 0 Å². The molecule has 1 nitrogen and oxygen atoms in total. The van der Waals surface area contributed by atoms with Crippen molar-refractivity contribution in [3.8, 4) is 5.75 Å². The number of fused-ring (bicyclic) bond motifs is 1. The Morgan fingerprint density at radius 3 is 2.76 bits per heavy atom. The normalized spacial score (nSPS) is 23.2. The number of rotatable bonds is 0. The van der Waals surface area contributed by atoms with Crippen molar-refractivity contribution >= 4 is 11.6 Å². The molecule has 17 heavy (non-hydrogen) atoms. The molecule has 2 rings (SSSR count). The highest BCUT2D eigenvalue weighted by molar-refractivity contribution is 6.31. The molecule has 0 saturated carbocycles. The van der Waals surface area contributed by atoms with Crippen molar-refractivity contribution in [2.75, 3.05) is 0 Å². The molecule has 2 heteroatoms. The van der Waals surface area contributed by atoms with E-state index in [0.717, 1.165) is 22.8 Å². The van der Waals surface area contributed by atoms with Crippen LogP contribution in [0.5, 0.6) is 5.75 Å². The molecule has 94 valence electrons. The first kappa shape index (κ1) is 12.8. The van der Waals surface area contributed by atoms with Crippen molar-refractivity contribution < 1.29 is 4.74 Å². The second-order valence-corrected chi connectivity index (χ2v) is 6.20. The van der Waals surface area contributed by atoms with Crippen molar-refractivity contribution in [2.45, 2.75) is 58.5 Å². The average Bonchev–Trinajstić information content (AvgIpc) is 2.20. The summed E-state index contributed by atoms with van der Waals surface area (Å²) in [6, 6.07) is 4.17. The summed E-state index contributed by atoms with van der Waals surface area (Å²) >= 11 is 6.22. The summed E-state index contributed by atoms with van der Waals surface area (Å²) in [6.07, 6.45) is 3.52. The molecule has 0 aromatic heterocycles. The lowest BCUT2D eigenvalue weighted by Gasteiger charge is -2.32. The van der Waals surface area contributed by atoms with E-state index in [0.29, 0.717) is 5.92 Å². The highest BCUT2D eigenvalue weighted by Crippen LogP contribution is 2.39. The van der Waals surface area contributed by atoms with E-state index >= 15 is 0 Å². The zero-order valence-electron chi connectivity index (χ0n) is 11.1. The second kappa shape index (κ2) is 4.53. The highest BCUT2D eigenvalue weighted by Gasteiger charge is 2.26. The van der Waals surface area contributed by atoms with Gasteiger partial charge in [-0.1, -0.05) is 18.5 Å². The molecule has 0 radical (unpaired) electrons. The Kier molecular flexibility index (Phi) is 3.40. The van der Waals surface area contributed by atoms with Crippen LogP contribution in [0.1, 0.15) is 57.1 Å². The van der Waals surface area contributed by atoms with Crippen molar-refractivity contribution in [1.82, 2.24) is 0 Å². The number of benzene rings is 1. The van der Waals surface area contributed by atoms with Gasteiger partial charge in [0.15, 0.2) is 0 Å². The minimum absolute atomic E-state index is 0.0742. The SMILES string of the molecule is Cc1cc2c(cc1Cl)C(C)CCCC(C)(C)O2. The maximum absolute atomic E-state index is 6.22. The molecule has 1 unspecified atom stereocenters. The van der Waals surface area contributed by atoms with Crippen LogP contribution in [0.15, 0.2) is 12.1 Å². The van der Waals surface area contributed by atoms with Crippen LogP contribution in [0.4, 0.5) is 0 Å². The lowest BCUT2D eigenvalue weighted by Crippen LogP contribution is -2.30. The quantitative estimate of drug-likeness (QED) is 0.625. The van der Waals surface area contributed by atoms with E-state index < -0.39 is 0 Å². The predicted octanol–water partition coefficient (Wildman–Crippen LogP) is 5.09. The van der Waals surface area contributed by atoms with Gasteiger partial charge in [0, 0.05) is 5.02 Å². The Balaban J connectivity index is 2.48. The van der Waals surface area contributed by atoms with Gasteiger partial charge in [-0.25, -0.2) is 0 Å². The molecule has 1 aromatic carbocycles. The first-order chi connectivity index (χ1) is 7.89. The minimum atomic E-state index is -0.0742. The van der Waals surface area contributed by atoms with Crippen LogP contribution < -0.4 is 4.74 Å². The van der Waals surface area contributed by atoms with Gasteiger partial charge >= 0.3 is 0 Å². The van der Waals surface area contributed by atoms with E-state index in [2.05, 4.69) is 32.9 Å². The van der Waals surface area contributed by atoms with Gasteiger partial charge in [-0.2, -0.15) is 0 Å². The second-order valence-electron chi connectivity index (χ2n) is 5.79. The summed E-state index contributed by atoms with van der Waals surface area (Å²) in [5, 5.41) is 0.845. The Bertz CT molecular complexity index is 423. The molecule has 1 heterocycles. The summed E-state index contributed by atoms with van der Waals surface area (Å²) < 4.78 is 6.17. The fraction of sp³-hybridized carbons (Fsp3) is 0.600. The maximum atomic E-state index is 6.22. The van der Waals surface area contributed by atoms with Gasteiger partial charge in [-0.05, 0) is 69.2 Å². The van der Waals surface area contributed by atoms with E-state index in [1.807, 2.05) is 6.92 Å². The molecule has 0 spiro atoms. The van der Waals surface area contributed by atoms with Gasteiger partial charge in [-0.3, -0.25) is 0 Å². The summed E-state index contributed by atoms with van der Waals surface area (Å²) in [7, 11) is 0. The van der Waals surface area contributed by atoms with Crippen molar-refractivity contribution in [2.24, 2.45) is 0 Å². The van der Waals surface area contributed by atoms with Crippen molar-refractivity contribution in [3.05, 3.63) is 28.3 Å². The van der Waals surface area contributed by atoms with Crippen LogP contribution in [0, 0.1) is 6.92 Å². The summed E-state index contributed by atoms with van der Waals surface area (Å²) in [5.41, 5.74) is 2.28. The lowest BCUT2D eigenvalue weighted by atomic mass is 9.89. The van der Waals surface area contributed by atoms with Gasteiger partial charge in [0.05, 0.1) is 0 Å². The summed E-state index contributed by atoms with van der Waals surface area (Å²) in [5.74, 6) is 1.54. The molecule has 0 aliphatic carbocycles. The maximum Gasteiger partial charge on any atom is 0.123 e. The van der Waals surface area contributed by atoms with E-state index in [1.54, 1.807) is 0 Å². The molecule has 1 aliphatic rings. The molecular formula is C15H21ClO. The molecule has 1 aromatic rings. The lowest BCUT2D eigenvalue weighted by molar-refractivity contribution is 0.0891. The molecule has 0 amide bonds. The van der Waals surface area contributed by atoms with E-state index in [1.165, 1.54) is 18.4 Å². The number of ether oxygens (including phenoxy) is 1. The van der Waals surface area contributed by atoms with E-state index in [4.69, 9.17) is 16.3 Å². The highest BCUT2D eigenvalue weighted by atomic mass is 35.5. The zero-order valence-corrected chi connectivity index (χ0v) is 11.9. The first-order valence-corrected chi connectivity index (χ1v) is 6.76. The first-order valence-electron chi connectivity index (χ1n) is 6.38. The van der Waals surface area contributed by atoms with Crippen LogP contribution in [0.25, 0.3) is 0 Å². The van der Waals surface area contributed by atoms with Crippen LogP contribution in [0.3, 0.4) is 0 Å². The molecule has 0 bridgehead atoms. The van der Waals surface area contributed by atoms with Gasteiger partial charge in [0.25, 0.3) is 0 Å². The van der Waals surface area contributed by atoms with Gasteiger partial charge in [-0.15, -0.1) is 0 Å². The third-order valence-electron chi connectivity index (χ3n) is 3.62. The Hall–Kier alpha value is -0.690. The van der Waals surface area contributed by atoms with Crippen LogP contribution in [0.2, 0.25) is 5.02 Å². The van der Waals surface area contributed by atoms with Gasteiger partial charge in [0.2, 0.25) is 0 Å². The topological polar surface area (TPSA) is 9.23 Å². The fourth-order valence-corrected chi connectivity index (χ4v) is 2.65. The molecule has 0 saturated heterocycles. The van der Waals surface area contributed by atoms with E-state index in [9.17, 15) is 0 Å². The average molecular weight is 253 g/mol. The molecule has 1 atom stereocenters. The molecule has 0 N–H and O–H groups in total. The Morgan fingerprint density at radius 2 is 2.06 bits per heavy atom. The zero-order chi connectivity index (χ0) is 12.6. The van der Waals surface area contributed by atoms with Crippen LogP contribution in [-0.2, 0) is 0 Å². The largest absolute Gasteiger partial charge is 0.488 e. The summed E-state index contributed by atoms with van der Waals surface area (Å²) in [4.78, 5) is 0. The van der Waals surface area contributed by atoms with Gasteiger partial charge < -0.3 is 4.74 Å². The van der Waals surface area contributed by atoms with Crippen LogP contribution >= 0.6 is 11.6 Å². The van der Waals surface area contributed by atoms with Crippen molar-refractivity contribution in [3.63, 3.8) is 0 Å². The predicted molar refractivity (Wildman–Crippen MR) is 73.2 cm³/mol. The van der Waals surface area contributed by atoms with Crippen LogP contribution in [-0.4, -0.2) is 5.60 Å². The Morgan fingerprint density at radius 1 is 1.35 bits per heavy atom. The van der Waals surface area contributed by atoms with E-state index in [-0.39, 0.29) is 5.60 Å². The molecular weight excluding hydrogens is 232 g/mol. The number of aryl methyl sites for hydroxylation is 1. The standard InChI is InChI=1S/C15H21ClO/c1-10-6-5-7-15(3,4)17-14-8-11(2)13(16)9-12(10)14/h8-10H,5-7H2,1-4H3. The Labute approximate surface area is 109 Å². The molecule has 0 fully saturated rings. The number of halogens is 1. The smallest absolute Gasteiger partial charge is 0.123 e. The van der Waals surface area contributed by atoms with Gasteiger partial charge in [0.1, 0.15) is 11.4 Å². The minimum Gasteiger partial charge on any atom is -0.488 e. The molecule has 1 aliphatic heterocycles. The third kappa shape index (κ3) is 2.77. The summed E-state index contributed by atoms with van der Waals surface area (Å²) in [6.45, 7) is 8.61. The third-order valence-corrected chi connectivity index (χ3v) is 4.03. The monoisotopic (exact) mass is 252 g/mol. The number of hydrogen-bond acceptors (Lipinski definition) is 1.